The molecule has 1 atom stereocenters. The van der Waals surface area contributed by atoms with Gasteiger partial charge in [-0.2, -0.15) is 0 Å². The van der Waals surface area contributed by atoms with Crippen molar-refractivity contribution in [3.05, 3.63) is 23.8 Å². The number of hydrogen-bond donors (Lipinski definition) is 0. The van der Waals surface area contributed by atoms with E-state index in [2.05, 4.69) is 11.0 Å². The van der Waals surface area contributed by atoms with E-state index in [1.54, 1.807) is 14.2 Å². The van der Waals surface area contributed by atoms with Crippen molar-refractivity contribution in [2.24, 2.45) is 0 Å². The molecule has 112 valence electrons. The fourth-order valence-corrected chi connectivity index (χ4v) is 2.87. The van der Waals surface area contributed by atoms with Crippen molar-refractivity contribution in [3.8, 4) is 11.5 Å². The summed E-state index contributed by atoms with van der Waals surface area (Å²) in [6.07, 6.45) is 2.40. The minimum atomic E-state index is 0.427. The highest BCUT2D eigenvalue weighted by Crippen LogP contribution is 2.38. The first-order chi connectivity index (χ1) is 9.80. The van der Waals surface area contributed by atoms with Gasteiger partial charge in [0.15, 0.2) is 0 Å². The summed E-state index contributed by atoms with van der Waals surface area (Å²) >= 11 is 0. The lowest BCUT2D eigenvalue weighted by Crippen LogP contribution is -2.27. The Hall–Kier alpha value is -1.26. The molecule has 1 aliphatic heterocycles. The highest BCUT2D eigenvalue weighted by molar-refractivity contribution is 5.42. The molecule has 0 aliphatic carbocycles. The number of ether oxygens (including phenoxy) is 3. The first-order valence-corrected chi connectivity index (χ1v) is 7.33. The zero-order valence-corrected chi connectivity index (χ0v) is 12.7. The third-order valence-corrected chi connectivity index (χ3v) is 3.89. The van der Waals surface area contributed by atoms with E-state index in [0.717, 1.165) is 37.8 Å². The molecule has 0 unspecified atom stereocenters. The third kappa shape index (κ3) is 3.44. The van der Waals surface area contributed by atoms with Gasteiger partial charge in [-0.05, 0) is 32.4 Å². The first kappa shape index (κ1) is 15.1. The van der Waals surface area contributed by atoms with Crippen LogP contribution in [-0.2, 0) is 4.74 Å². The molecule has 0 radical (unpaired) electrons. The summed E-state index contributed by atoms with van der Waals surface area (Å²) in [5, 5.41) is 0. The van der Waals surface area contributed by atoms with Gasteiger partial charge in [0.2, 0.25) is 0 Å². The molecule has 1 saturated heterocycles. The van der Waals surface area contributed by atoms with Crippen molar-refractivity contribution in [3.63, 3.8) is 0 Å². The van der Waals surface area contributed by atoms with Crippen LogP contribution in [0.1, 0.15) is 31.4 Å². The van der Waals surface area contributed by atoms with Gasteiger partial charge in [-0.15, -0.1) is 0 Å². The predicted octanol–water partition coefficient (Wildman–Crippen LogP) is 2.88. The van der Waals surface area contributed by atoms with Crippen LogP contribution < -0.4 is 9.47 Å². The van der Waals surface area contributed by atoms with Crippen molar-refractivity contribution in [1.29, 1.82) is 0 Å². The molecule has 2 rings (SSSR count). The summed E-state index contributed by atoms with van der Waals surface area (Å²) in [5.74, 6) is 1.75. The lowest BCUT2D eigenvalue weighted by atomic mass is 10.0. The van der Waals surface area contributed by atoms with Gasteiger partial charge in [0.05, 0.1) is 20.8 Å². The molecule has 0 saturated carbocycles. The second kappa shape index (κ2) is 7.50. The third-order valence-electron chi connectivity index (χ3n) is 3.89. The molecule has 20 heavy (non-hydrogen) atoms. The number of benzene rings is 1. The summed E-state index contributed by atoms with van der Waals surface area (Å²) in [7, 11) is 3.40. The molecule has 0 spiro atoms. The maximum Gasteiger partial charge on any atom is 0.127 e. The van der Waals surface area contributed by atoms with Crippen LogP contribution in [0, 0.1) is 0 Å². The molecule has 1 aromatic carbocycles. The molecule has 1 aromatic rings. The maximum atomic E-state index is 5.54. The Morgan fingerprint density at radius 2 is 2.10 bits per heavy atom. The van der Waals surface area contributed by atoms with E-state index < -0.39 is 0 Å². The van der Waals surface area contributed by atoms with Crippen molar-refractivity contribution < 1.29 is 14.2 Å². The minimum absolute atomic E-state index is 0.427. The van der Waals surface area contributed by atoms with Crippen LogP contribution in [0.2, 0.25) is 0 Å². The Morgan fingerprint density at radius 3 is 2.80 bits per heavy atom. The molecule has 1 fully saturated rings. The Bertz CT molecular complexity index is 422. The highest BCUT2D eigenvalue weighted by atomic mass is 16.5. The first-order valence-electron chi connectivity index (χ1n) is 7.33. The predicted molar refractivity (Wildman–Crippen MR) is 79.6 cm³/mol. The van der Waals surface area contributed by atoms with Crippen LogP contribution in [0.3, 0.4) is 0 Å². The Morgan fingerprint density at radius 1 is 1.25 bits per heavy atom. The van der Waals surface area contributed by atoms with Crippen LogP contribution >= 0.6 is 0 Å². The van der Waals surface area contributed by atoms with Gasteiger partial charge in [-0.3, -0.25) is 4.90 Å². The van der Waals surface area contributed by atoms with E-state index in [-0.39, 0.29) is 0 Å². The van der Waals surface area contributed by atoms with Crippen LogP contribution in [0.25, 0.3) is 0 Å². The van der Waals surface area contributed by atoms with Crippen molar-refractivity contribution in [2.45, 2.75) is 25.8 Å². The van der Waals surface area contributed by atoms with Crippen LogP contribution in [0.15, 0.2) is 18.2 Å². The van der Waals surface area contributed by atoms with Gasteiger partial charge in [0.25, 0.3) is 0 Å². The Kier molecular flexibility index (Phi) is 5.68. The second-order valence-electron chi connectivity index (χ2n) is 5.00. The van der Waals surface area contributed by atoms with Crippen molar-refractivity contribution in [2.75, 3.05) is 40.5 Å². The van der Waals surface area contributed by atoms with Crippen molar-refractivity contribution >= 4 is 0 Å². The number of hydrogen-bond acceptors (Lipinski definition) is 4. The largest absolute Gasteiger partial charge is 0.497 e. The molecular weight excluding hydrogens is 254 g/mol. The molecule has 4 nitrogen and oxygen atoms in total. The monoisotopic (exact) mass is 279 g/mol. The fraction of sp³-hybridized carbons (Fsp3) is 0.625. The standard InChI is InChI=1S/C16H25NO3/c1-4-20-11-10-17-9-5-6-15(17)14-8-7-13(18-2)12-16(14)19-3/h7-8,12,15H,4-6,9-11H2,1-3H3/t15-/m1/s1. The summed E-state index contributed by atoms with van der Waals surface area (Å²) in [6.45, 7) is 5.73. The van der Waals surface area contributed by atoms with Crippen molar-refractivity contribution in [1.82, 2.24) is 4.90 Å². The molecule has 0 N–H and O–H groups in total. The smallest absolute Gasteiger partial charge is 0.127 e. The number of methoxy groups -OCH3 is 2. The number of likely N-dealkylation sites (tertiary alicyclic amines) is 1. The van der Waals surface area contributed by atoms with Gasteiger partial charge >= 0.3 is 0 Å². The Labute approximate surface area is 121 Å². The molecule has 0 aromatic heterocycles. The summed E-state index contributed by atoms with van der Waals surface area (Å²) in [6, 6.07) is 6.53. The Balaban J connectivity index is 2.12. The molecule has 1 aliphatic rings. The van der Waals surface area contributed by atoms with Gasteiger partial charge in [-0.25, -0.2) is 0 Å². The number of nitrogens with zero attached hydrogens (tertiary/aromatic N) is 1. The molecule has 1 heterocycles. The average molecular weight is 279 g/mol. The maximum absolute atomic E-state index is 5.54. The molecular formula is C16H25NO3. The normalized spacial score (nSPS) is 19.2. The zero-order chi connectivity index (χ0) is 14.4. The van der Waals surface area contributed by atoms with E-state index in [0.29, 0.717) is 6.04 Å². The van der Waals surface area contributed by atoms with Gasteiger partial charge in [0.1, 0.15) is 11.5 Å². The minimum Gasteiger partial charge on any atom is -0.497 e. The average Bonchev–Trinajstić information content (AvgIpc) is 2.95. The quantitative estimate of drug-likeness (QED) is 0.718. The zero-order valence-electron chi connectivity index (χ0n) is 12.7. The second-order valence-corrected chi connectivity index (χ2v) is 5.00. The van der Waals surface area contributed by atoms with E-state index >= 15 is 0 Å². The summed E-state index contributed by atoms with van der Waals surface area (Å²) in [5.41, 5.74) is 1.25. The van der Waals surface area contributed by atoms with Gasteiger partial charge in [0, 0.05) is 30.8 Å². The fourth-order valence-electron chi connectivity index (χ4n) is 2.87. The van der Waals surface area contributed by atoms with E-state index in [1.165, 1.54) is 18.4 Å². The molecule has 0 amide bonds. The van der Waals surface area contributed by atoms with Gasteiger partial charge < -0.3 is 14.2 Å². The SMILES string of the molecule is CCOCCN1CCC[C@@H]1c1ccc(OC)cc1OC. The summed E-state index contributed by atoms with van der Waals surface area (Å²) < 4.78 is 16.3. The highest BCUT2D eigenvalue weighted by Gasteiger charge is 2.28. The van der Waals surface area contributed by atoms with Crippen LogP contribution in [0.4, 0.5) is 0 Å². The van der Waals surface area contributed by atoms with E-state index in [9.17, 15) is 0 Å². The molecule has 4 heteroatoms. The van der Waals surface area contributed by atoms with Crippen LogP contribution in [0.5, 0.6) is 11.5 Å². The number of rotatable bonds is 7. The molecule has 0 bridgehead atoms. The topological polar surface area (TPSA) is 30.9 Å². The summed E-state index contributed by atoms with van der Waals surface area (Å²) in [4.78, 5) is 2.49. The van der Waals surface area contributed by atoms with E-state index in [4.69, 9.17) is 14.2 Å². The van der Waals surface area contributed by atoms with Gasteiger partial charge in [-0.1, -0.05) is 6.07 Å². The lowest BCUT2D eigenvalue weighted by molar-refractivity contribution is 0.108. The van der Waals surface area contributed by atoms with E-state index in [1.807, 2.05) is 19.1 Å². The lowest BCUT2D eigenvalue weighted by Gasteiger charge is -2.26. The van der Waals surface area contributed by atoms with Crippen LogP contribution in [-0.4, -0.2) is 45.4 Å².